The molecule has 0 saturated heterocycles. The highest BCUT2D eigenvalue weighted by Gasteiger charge is 2.23. The summed E-state index contributed by atoms with van der Waals surface area (Å²) >= 11 is 0. The number of aryl methyl sites for hydroxylation is 1. The first-order chi connectivity index (χ1) is 9.80. The molecule has 1 aromatic carbocycles. The fourth-order valence-electron chi connectivity index (χ4n) is 2.32. The van der Waals surface area contributed by atoms with Gasteiger partial charge >= 0.3 is 0 Å². The van der Waals surface area contributed by atoms with Crippen LogP contribution in [0.5, 0.6) is 5.75 Å². The molecule has 2 N–H and O–H groups in total. The zero-order valence-corrected chi connectivity index (χ0v) is 11.7. The lowest BCUT2D eigenvalue weighted by atomic mass is 10.1. The monoisotopic (exact) mass is 270 g/mol. The molecule has 3 rings (SSSR count). The van der Waals surface area contributed by atoms with Gasteiger partial charge in [0, 0.05) is 25.1 Å². The summed E-state index contributed by atoms with van der Waals surface area (Å²) in [6.07, 6.45) is 0.807. The van der Waals surface area contributed by atoms with E-state index in [0.717, 1.165) is 29.6 Å². The van der Waals surface area contributed by atoms with Gasteiger partial charge in [0.25, 0.3) is 0 Å². The fourth-order valence-corrected chi connectivity index (χ4v) is 2.32. The fraction of sp³-hybridized carbons (Fsp3) is 0.333. The SMILES string of the molecule is CCc1nc(NC)cc(NC2COc3ccccc32)n1. The molecule has 0 amide bonds. The summed E-state index contributed by atoms with van der Waals surface area (Å²) in [5.41, 5.74) is 1.18. The van der Waals surface area contributed by atoms with Crippen LogP contribution < -0.4 is 15.4 Å². The maximum absolute atomic E-state index is 5.67. The summed E-state index contributed by atoms with van der Waals surface area (Å²) in [5, 5.41) is 6.49. The molecule has 0 spiro atoms. The van der Waals surface area contributed by atoms with Gasteiger partial charge in [-0.2, -0.15) is 0 Å². The van der Waals surface area contributed by atoms with Crippen molar-refractivity contribution in [1.29, 1.82) is 0 Å². The van der Waals surface area contributed by atoms with Crippen molar-refractivity contribution < 1.29 is 4.74 Å². The number of rotatable bonds is 4. The van der Waals surface area contributed by atoms with Crippen LogP contribution in [-0.4, -0.2) is 23.6 Å². The van der Waals surface area contributed by atoms with E-state index in [0.29, 0.717) is 6.61 Å². The molecule has 104 valence electrons. The van der Waals surface area contributed by atoms with Crippen LogP contribution in [0, 0.1) is 0 Å². The third-order valence-electron chi connectivity index (χ3n) is 3.37. The van der Waals surface area contributed by atoms with Crippen LogP contribution in [0.1, 0.15) is 24.4 Å². The van der Waals surface area contributed by atoms with Gasteiger partial charge in [0.15, 0.2) is 0 Å². The maximum atomic E-state index is 5.67. The number of hydrogen-bond donors (Lipinski definition) is 2. The largest absolute Gasteiger partial charge is 0.491 e. The van der Waals surface area contributed by atoms with Crippen LogP contribution in [0.3, 0.4) is 0 Å². The smallest absolute Gasteiger partial charge is 0.132 e. The summed E-state index contributed by atoms with van der Waals surface area (Å²) in [6.45, 7) is 2.67. The number of para-hydroxylation sites is 1. The van der Waals surface area contributed by atoms with Crippen molar-refractivity contribution in [2.75, 3.05) is 24.3 Å². The van der Waals surface area contributed by atoms with Crippen LogP contribution in [-0.2, 0) is 6.42 Å². The van der Waals surface area contributed by atoms with Gasteiger partial charge in [0.1, 0.15) is 29.8 Å². The normalized spacial score (nSPS) is 16.4. The van der Waals surface area contributed by atoms with E-state index < -0.39 is 0 Å². The zero-order chi connectivity index (χ0) is 13.9. The lowest BCUT2D eigenvalue weighted by molar-refractivity contribution is 0.339. The number of ether oxygens (including phenoxy) is 1. The molecular weight excluding hydrogens is 252 g/mol. The third kappa shape index (κ3) is 2.39. The van der Waals surface area contributed by atoms with Gasteiger partial charge in [0.05, 0.1) is 6.04 Å². The third-order valence-corrected chi connectivity index (χ3v) is 3.37. The molecule has 0 saturated carbocycles. The highest BCUT2D eigenvalue weighted by Crippen LogP contribution is 2.33. The van der Waals surface area contributed by atoms with Crippen molar-refractivity contribution in [3.63, 3.8) is 0 Å². The van der Waals surface area contributed by atoms with Gasteiger partial charge < -0.3 is 15.4 Å². The summed E-state index contributed by atoms with van der Waals surface area (Å²) in [7, 11) is 1.86. The number of hydrogen-bond acceptors (Lipinski definition) is 5. The molecule has 0 aliphatic carbocycles. The summed E-state index contributed by atoms with van der Waals surface area (Å²) in [4.78, 5) is 8.91. The average molecular weight is 270 g/mol. The van der Waals surface area contributed by atoms with Crippen LogP contribution in [0.2, 0.25) is 0 Å². The van der Waals surface area contributed by atoms with Crippen molar-refractivity contribution in [2.24, 2.45) is 0 Å². The number of nitrogens with zero attached hydrogens (tertiary/aromatic N) is 2. The van der Waals surface area contributed by atoms with E-state index in [2.05, 4.69) is 26.7 Å². The van der Waals surface area contributed by atoms with Gasteiger partial charge in [-0.25, -0.2) is 9.97 Å². The molecule has 2 heterocycles. The van der Waals surface area contributed by atoms with Gasteiger partial charge in [-0.05, 0) is 6.07 Å². The Bertz CT molecular complexity index is 592. The van der Waals surface area contributed by atoms with Crippen LogP contribution >= 0.6 is 0 Å². The zero-order valence-electron chi connectivity index (χ0n) is 11.7. The summed E-state index contributed by atoms with van der Waals surface area (Å²) in [6, 6.07) is 10.1. The van der Waals surface area contributed by atoms with Crippen LogP contribution in [0.15, 0.2) is 30.3 Å². The Balaban J connectivity index is 1.85. The van der Waals surface area contributed by atoms with E-state index in [-0.39, 0.29) is 6.04 Å². The maximum Gasteiger partial charge on any atom is 0.132 e. The number of nitrogens with one attached hydrogen (secondary N) is 2. The quantitative estimate of drug-likeness (QED) is 0.894. The second kappa shape index (κ2) is 5.36. The summed E-state index contributed by atoms with van der Waals surface area (Å²) in [5.74, 6) is 3.42. The van der Waals surface area contributed by atoms with Crippen molar-refractivity contribution in [3.8, 4) is 5.75 Å². The van der Waals surface area contributed by atoms with E-state index >= 15 is 0 Å². The number of benzene rings is 1. The molecule has 1 atom stereocenters. The molecule has 0 bridgehead atoms. The molecule has 20 heavy (non-hydrogen) atoms. The molecule has 1 aliphatic heterocycles. The Morgan fingerprint density at radius 2 is 2.05 bits per heavy atom. The molecule has 2 aromatic rings. The molecule has 1 unspecified atom stereocenters. The van der Waals surface area contributed by atoms with E-state index in [1.165, 1.54) is 5.56 Å². The molecule has 0 fully saturated rings. The van der Waals surface area contributed by atoms with Crippen molar-refractivity contribution in [2.45, 2.75) is 19.4 Å². The molecule has 1 aromatic heterocycles. The van der Waals surface area contributed by atoms with Gasteiger partial charge in [-0.15, -0.1) is 0 Å². The highest BCUT2D eigenvalue weighted by molar-refractivity contribution is 5.51. The topological polar surface area (TPSA) is 59.1 Å². The Labute approximate surface area is 118 Å². The lowest BCUT2D eigenvalue weighted by Crippen LogP contribution is -2.14. The highest BCUT2D eigenvalue weighted by atomic mass is 16.5. The Morgan fingerprint density at radius 1 is 1.25 bits per heavy atom. The average Bonchev–Trinajstić information content (AvgIpc) is 2.90. The van der Waals surface area contributed by atoms with E-state index in [1.807, 2.05) is 38.2 Å². The van der Waals surface area contributed by atoms with E-state index in [9.17, 15) is 0 Å². The van der Waals surface area contributed by atoms with Gasteiger partial charge in [-0.3, -0.25) is 0 Å². The van der Waals surface area contributed by atoms with Gasteiger partial charge in [-0.1, -0.05) is 25.1 Å². The van der Waals surface area contributed by atoms with Crippen LogP contribution in [0.25, 0.3) is 0 Å². The van der Waals surface area contributed by atoms with Crippen molar-refractivity contribution in [3.05, 3.63) is 41.7 Å². The first-order valence-corrected chi connectivity index (χ1v) is 6.84. The second-order valence-electron chi connectivity index (χ2n) is 4.70. The molecular formula is C15H18N4O. The number of anilines is 2. The van der Waals surface area contributed by atoms with Gasteiger partial charge in [0.2, 0.25) is 0 Å². The minimum Gasteiger partial charge on any atom is -0.491 e. The minimum absolute atomic E-state index is 0.135. The summed E-state index contributed by atoms with van der Waals surface area (Å²) < 4.78 is 5.67. The molecule has 1 aliphatic rings. The molecule has 0 radical (unpaired) electrons. The second-order valence-corrected chi connectivity index (χ2v) is 4.70. The number of aromatic nitrogens is 2. The minimum atomic E-state index is 0.135. The predicted molar refractivity (Wildman–Crippen MR) is 79.3 cm³/mol. The van der Waals surface area contributed by atoms with Crippen molar-refractivity contribution >= 4 is 11.6 Å². The number of fused-ring (bicyclic) bond motifs is 1. The van der Waals surface area contributed by atoms with Crippen molar-refractivity contribution in [1.82, 2.24) is 9.97 Å². The molecule has 5 heteroatoms. The first-order valence-electron chi connectivity index (χ1n) is 6.84. The first kappa shape index (κ1) is 12.7. The Morgan fingerprint density at radius 3 is 2.85 bits per heavy atom. The lowest BCUT2D eigenvalue weighted by Gasteiger charge is -2.14. The molecule has 5 nitrogen and oxygen atoms in total. The van der Waals surface area contributed by atoms with Crippen LogP contribution in [0.4, 0.5) is 11.6 Å². The standard InChI is InChI=1S/C15H18N4O/c1-3-13-18-14(16-2)8-15(19-13)17-11-9-20-12-7-5-4-6-10(11)12/h4-8,11H,3,9H2,1-2H3,(H2,16,17,18,19). The predicted octanol–water partition coefficient (Wildman–Crippen LogP) is 2.63. The van der Waals surface area contributed by atoms with E-state index in [4.69, 9.17) is 4.74 Å². The Kier molecular flexibility index (Phi) is 3.41. The Hall–Kier alpha value is -2.30. The van der Waals surface area contributed by atoms with E-state index in [1.54, 1.807) is 0 Å².